The predicted octanol–water partition coefficient (Wildman–Crippen LogP) is 0.733. The van der Waals surface area contributed by atoms with Crippen molar-refractivity contribution in [1.29, 1.82) is 0 Å². The van der Waals surface area contributed by atoms with Crippen LogP contribution in [0.3, 0.4) is 0 Å². The van der Waals surface area contributed by atoms with Crippen molar-refractivity contribution in [2.24, 2.45) is 5.92 Å². The number of carbonyl (C=O) groups excluding carboxylic acids is 1. The fourth-order valence-electron chi connectivity index (χ4n) is 3.52. The molecule has 3 aliphatic rings. The number of fused-ring (bicyclic) bond motifs is 4. The van der Waals surface area contributed by atoms with Crippen LogP contribution < -0.4 is 0 Å². The topological polar surface area (TPSA) is 73.8 Å². The first kappa shape index (κ1) is 17.3. The van der Waals surface area contributed by atoms with E-state index in [0.29, 0.717) is 25.3 Å². The van der Waals surface area contributed by atoms with Crippen LogP contribution in [0.25, 0.3) is 0 Å². The highest BCUT2D eigenvalue weighted by Gasteiger charge is 2.41. The Bertz CT molecular complexity index is 735. The summed E-state index contributed by atoms with van der Waals surface area (Å²) in [6, 6.07) is 5.32. The van der Waals surface area contributed by atoms with Crippen molar-refractivity contribution < 1.29 is 13.2 Å². The molecule has 0 N–H and O–H groups in total. The zero-order chi connectivity index (χ0) is 17.5. The van der Waals surface area contributed by atoms with Gasteiger partial charge >= 0.3 is 0 Å². The van der Waals surface area contributed by atoms with E-state index in [1.807, 2.05) is 24.0 Å². The molecule has 2 bridgehead atoms. The number of amides is 1. The van der Waals surface area contributed by atoms with E-state index in [4.69, 9.17) is 0 Å². The highest BCUT2D eigenvalue weighted by molar-refractivity contribution is 7.86. The first-order chi connectivity index (χ1) is 11.3. The zero-order valence-electron chi connectivity index (χ0n) is 14.3. The van der Waals surface area contributed by atoms with Crippen LogP contribution in [-0.2, 0) is 10.2 Å². The van der Waals surface area contributed by atoms with Crippen molar-refractivity contribution in [3.63, 3.8) is 0 Å². The lowest BCUT2D eigenvalue weighted by molar-refractivity contribution is 0.0582. The highest BCUT2D eigenvalue weighted by atomic mass is 32.2. The number of rotatable bonds is 3. The van der Waals surface area contributed by atoms with E-state index < -0.39 is 10.2 Å². The summed E-state index contributed by atoms with van der Waals surface area (Å²) in [5.41, 5.74) is 1.24. The summed E-state index contributed by atoms with van der Waals surface area (Å²) >= 11 is 0. The molecule has 7 nitrogen and oxygen atoms in total. The Morgan fingerprint density at radius 3 is 2.62 bits per heavy atom. The van der Waals surface area contributed by atoms with Gasteiger partial charge in [-0.15, -0.1) is 0 Å². The van der Waals surface area contributed by atoms with Crippen LogP contribution in [0.2, 0.25) is 0 Å². The average Bonchev–Trinajstić information content (AvgIpc) is 2.86. The molecule has 0 aromatic carbocycles. The van der Waals surface area contributed by atoms with E-state index in [2.05, 4.69) is 4.98 Å². The minimum atomic E-state index is -3.46. The summed E-state index contributed by atoms with van der Waals surface area (Å²) in [6.07, 6.45) is 1.79. The van der Waals surface area contributed by atoms with Gasteiger partial charge in [-0.25, -0.2) is 4.98 Å². The quantitative estimate of drug-likeness (QED) is 0.804. The lowest BCUT2D eigenvalue weighted by Crippen LogP contribution is -2.48. The molecule has 3 fully saturated rings. The number of hydrogen-bond donors (Lipinski definition) is 0. The van der Waals surface area contributed by atoms with Crippen LogP contribution in [0.15, 0.2) is 18.2 Å². The zero-order valence-corrected chi connectivity index (χ0v) is 15.2. The summed E-state index contributed by atoms with van der Waals surface area (Å²) in [5.74, 6) is 0.0738. The summed E-state index contributed by atoms with van der Waals surface area (Å²) < 4.78 is 27.7. The number of pyridine rings is 1. The summed E-state index contributed by atoms with van der Waals surface area (Å²) in [7, 11) is -0.370. The van der Waals surface area contributed by atoms with Crippen LogP contribution in [0, 0.1) is 12.8 Å². The third-order valence-electron chi connectivity index (χ3n) is 4.84. The van der Waals surface area contributed by atoms with E-state index >= 15 is 0 Å². The van der Waals surface area contributed by atoms with Crippen LogP contribution in [0.5, 0.6) is 0 Å². The van der Waals surface area contributed by atoms with E-state index in [9.17, 15) is 13.2 Å². The number of aryl methyl sites for hydroxylation is 1. The van der Waals surface area contributed by atoms with Crippen molar-refractivity contribution in [1.82, 2.24) is 18.5 Å². The molecule has 4 heterocycles. The van der Waals surface area contributed by atoms with Crippen LogP contribution >= 0.6 is 0 Å². The second kappa shape index (κ2) is 6.42. The van der Waals surface area contributed by atoms with Gasteiger partial charge in [0, 0.05) is 45.5 Å². The summed E-state index contributed by atoms with van der Waals surface area (Å²) in [4.78, 5) is 19.0. The van der Waals surface area contributed by atoms with E-state index in [1.54, 1.807) is 20.2 Å². The Balaban J connectivity index is 1.85. The molecule has 8 heteroatoms. The normalized spacial score (nSPS) is 25.1. The molecule has 0 aliphatic carbocycles. The Morgan fingerprint density at radius 2 is 1.96 bits per heavy atom. The molecule has 1 amide bonds. The molecule has 0 unspecified atom stereocenters. The number of piperidine rings is 1. The fourth-order valence-corrected chi connectivity index (χ4v) is 4.74. The Labute approximate surface area is 143 Å². The monoisotopic (exact) mass is 352 g/mol. The smallest absolute Gasteiger partial charge is 0.281 e. The first-order valence-electron chi connectivity index (χ1n) is 8.21. The molecule has 24 heavy (non-hydrogen) atoms. The lowest BCUT2D eigenvalue weighted by atomic mass is 9.94. The molecule has 0 saturated carbocycles. The third kappa shape index (κ3) is 3.18. The second-order valence-electron chi connectivity index (χ2n) is 6.83. The van der Waals surface area contributed by atoms with Gasteiger partial charge in [0.2, 0.25) is 0 Å². The maximum atomic E-state index is 12.9. The number of hydrogen-bond acceptors (Lipinski definition) is 4. The number of carbonyl (C=O) groups is 1. The summed E-state index contributed by atoms with van der Waals surface area (Å²) in [6.45, 7) is 3.28. The maximum Gasteiger partial charge on any atom is 0.281 e. The number of nitrogens with zero attached hydrogens (tertiary/aromatic N) is 4. The van der Waals surface area contributed by atoms with Crippen LogP contribution in [-0.4, -0.2) is 72.6 Å². The predicted molar refractivity (Wildman–Crippen MR) is 90.7 cm³/mol. The maximum absolute atomic E-state index is 12.9. The lowest BCUT2D eigenvalue weighted by Gasteiger charge is -2.36. The van der Waals surface area contributed by atoms with Gasteiger partial charge < -0.3 is 4.90 Å². The molecular weight excluding hydrogens is 328 g/mol. The van der Waals surface area contributed by atoms with Crippen molar-refractivity contribution >= 4 is 16.1 Å². The molecule has 3 saturated heterocycles. The molecule has 2 atom stereocenters. The second-order valence-corrected chi connectivity index (χ2v) is 8.97. The van der Waals surface area contributed by atoms with Gasteiger partial charge in [-0.2, -0.15) is 17.0 Å². The molecule has 0 spiro atoms. The minimum absolute atomic E-state index is 0.0895. The van der Waals surface area contributed by atoms with Gasteiger partial charge in [-0.05, 0) is 37.8 Å². The van der Waals surface area contributed by atoms with Crippen molar-refractivity contribution in [3.05, 3.63) is 29.6 Å². The Kier molecular flexibility index (Phi) is 4.63. The standard InChI is InChI=1S/C16H24N4O3S/c1-12-5-4-6-15(17-12)16(21)20-10-13-7-8-14(20)11-19(9-13)24(22,23)18(2)3/h4-6,13-14H,7-11H2,1-3H3/t13-,14+/m0/s1. The average molecular weight is 352 g/mol. The molecule has 3 aliphatic heterocycles. The van der Waals surface area contributed by atoms with E-state index in [-0.39, 0.29) is 17.9 Å². The van der Waals surface area contributed by atoms with Crippen LogP contribution in [0.1, 0.15) is 29.0 Å². The molecule has 0 radical (unpaired) electrons. The van der Waals surface area contributed by atoms with Crippen molar-refractivity contribution in [3.8, 4) is 0 Å². The summed E-state index contributed by atoms with van der Waals surface area (Å²) in [5, 5.41) is 0. The molecule has 1 aromatic heterocycles. The molecule has 4 rings (SSSR count). The van der Waals surface area contributed by atoms with E-state index in [0.717, 1.165) is 18.5 Å². The van der Waals surface area contributed by atoms with E-state index in [1.165, 1.54) is 8.61 Å². The largest absolute Gasteiger partial charge is 0.333 e. The van der Waals surface area contributed by atoms with Gasteiger partial charge in [0.25, 0.3) is 16.1 Å². The van der Waals surface area contributed by atoms with Crippen LogP contribution in [0.4, 0.5) is 0 Å². The fraction of sp³-hybridized carbons (Fsp3) is 0.625. The Hall–Kier alpha value is -1.51. The Morgan fingerprint density at radius 1 is 1.21 bits per heavy atom. The third-order valence-corrected chi connectivity index (χ3v) is 6.71. The molecular formula is C16H24N4O3S. The SMILES string of the molecule is Cc1cccc(C(=O)N2C[C@H]3CC[C@@H]2CN(S(=O)(=O)N(C)C)C3)n1. The van der Waals surface area contributed by atoms with Gasteiger partial charge in [0.05, 0.1) is 0 Å². The minimum Gasteiger partial charge on any atom is -0.333 e. The highest BCUT2D eigenvalue weighted by Crippen LogP contribution is 2.30. The van der Waals surface area contributed by atoms with Crippen molar-refractivity contribution in [2.75, 3.05) is 33.7 Å². The van der Waals surface area contributed by atoms with Gasteiger partial charge in [0.1, 0.15) is 5.69 Å². The number of aromatic nitrogens is 1. The molecule has 132 valence electrons. The van der Waals surface area contributed by atoms with Gasteiger partial charge in [0.15, 0.2) is 0 Å². The van der Waals surface area contributed by atoms with Gasteiger partial charge in [-0.1, -0.05) is 6.07 Å². The first-order valence-corrected chi connectivity index (χ1v) is 9.61. The molecule has 1 aromatic rings. The van der Waals surface area contributed by atoms with Crippen molar-refractivity contribution in [2.45, 2.75) is 25.8 Å². The van der Waals surface area contributed by atoms with Gasteiger partial charge in [-0.3, -0.25) is 4.79 Å².